The van der Waals surface area contributed by atoms with Gasteiger partial charge in [0, 0.05) is 31.7 Å². The molecule has 0 radical (unpaired) electrons. The zero-order valence-electron chi connectivity index (χ0n) is 12.3. The minimum Gasteiger partial charge on any atom is -0.383 e. The van der Waals surface area contributed by atoms with Gasteiger partial charge in [-0.15, -0.1) is 0 Å². The van der Waals surface area contributed by atoms with Crippen LogP contribution in [-0.4, -0.2) is 35.9 Å². The van der Waals surface area contributed by atoms with Gasteiger partial charge in [0.05, 0.1) is 17.4 Å². The Bertz CT molecular complexity index is 500. The summed E-state index contributed by atoms with van der Waals surface area (Å²) in [5.74, 6) is -0.0695. The Morgan fingerprint density at radius 1 is 1.38 bits per heavy atom. The minimum absolute atomic E-state index is 0.0731. The van der Waals surface area contributed by atoms with Crippen molar-refractivity contribution in [3.63, 3.8) is 0 Å². The highest BCUT2D eigenvalue weighted by molar-refractivity contribution is 5.99. The number of anilines is 1. The number of rotatable bonds is 8. The molecule has 1 aromatic rings. The fourth-order valence-corrected chi connectivity index (χ4v) is 2.00. The Balaban J connectivity index is 1.72. The quantitative estimate of drug-likeness (QED) is 0.630. The number of carbonyl (C=O) groups is 2. The molecule has 1 fully saturated rings. The number of amides is 2. The number of carbonyl (C=O) groups excluding carboxylic acids is 2. The maximum absolute atomic E-state index is 12.1. The number of hydrogen-bond acceptors (Lipinski definition) is 4. The van der Waals surface area contributed by atoms with Crippen molar-refractivity contribution >= 4 is 17.5 Å². The zero-order chi connectivity index (χ0) is 15.1. The van der Waals surface area contributed by atoms with Crippen LogP contribution in [-0.2, 0) is 4.79 Å². The molecule has 1 aromatic heterocycles. The number of nitrogens with zero attached hydrogens (tertiary/aromatic N) is 1. The Hall–Kier alpha value is -2.11. The minimum atomic E-state index is -0.143. The molecule has 1 heterocycles. The molecule has 114 valence electrons. The van der Waals surface area contributed by atoms with Gasteiger partial charge in [-0.25, -0.2) is 0 Å². The van der Waals surface area contributed by atoms with E-state index in [2.05, 4.69) is 20.9 Å². The Labute approximate surface area is 124 Å². The molecule has 0 atom stereocenters. The second-order valence-corrected chi connectivity index (χ2v) is 5.15. The summed E-state index contributed by atoms with van der Waals surface area (Å²) >= 11 is 0. The fraction of sp³-hybridized carbons (Fsp3) is 0.533. The van der Waals surface area contributed by atoms with Crippen LogP contribution in [0.5, 0.6) is 0 Å². The first-order valence-electron chi connectivity index (χ1n) is 7.46. The average molecular weight is 290 g/mol. The maximum Gasteiger partial charge on any atom is 0.253 e. The molecule has 1 aliphatic carbocycles. The molecule has 0 aliphatic heterocycles. The lowest BCUT2D eigenvalue weighted by molar-refractivity contribution is -0.121. The van der Waals surface area contributed by atoms with E-state index in [-0.39, 0.29) is 11.8 Å². The molecule has 21 heavy (non-hydrogen) atoms. The summed E-state index contributed by atoms with van der Waals surface area (Å²) in [7, 11) is 0. The predicted octanol–water partition coefficient (Wildman–Crippen LogP) is 1.30. The Kier molecular flexibility index (Phi) is 5.54. The molecule has 2 amide bonds. The van der Waals surface area contributed by atoms with Crippen LogP contribution < -0.4 is 16.0 Å². The number of pyridine rings is 1. The summed E-state index contributed by atoms with van der Waals surface area (Å²) in [6, 6.07) is 2.08. The van der Waals surface area contributed by atoms with Crippen molar-refractivity contribution in [3.05, 3.63) is 24.0 Å². The standard InChI is InChI=1S/C15H22N4O2/c1-2-17-13-10-16-9-7-12(13)15(21)18-8-3-4-14(20)19-11-5-6-11/h7,9-11,17H,2-6,8H2,1H3,(H,18,21)(H,19,20). The van der Waals surface area contributed by atoms with Crippen LogP contribution in [0, 0.1) is 0 Å². The first kappa shape index (κ1) is 15.3. The lowest BCUT2D eigenvalue weighted by Gasteiger charge is -2.10. The molecule has 0 bridgehead atoms. The van der Waals surface area contributed by atoms with Crippen molar-refractivity contribution in [2.75, 3.05) is 18.4 Å². The second kappa shape index (κ2) is 7.61. The van der Waals surface area contributed by atoms with Gasteiger partial charge in [0.2, 0.25) is 5.91 Å². The molecule has 2 rings (SSSR count). The van der Waals surface area contributed by atoms with Crippen molar-refractivity contribution in [3.8, 4) is 0 Å². The number of aromatic nitrogens is 1. The highest BCUT2D eigenvalue weighted by atomic mass is 16.2. The van der Waals surface area contributed by atoms with E-state index in [0.29, 0.717) is 31.0 Å². The van der Waals surface area contributed by atoms with E-state index in [1.54, 1.807) is 18.5 Å². The highest BCUT2D eigenvalue weighted by Crippen LogP contribution is 2.18. The second-order valence-electron chi connectivity index (χ2n) is 5.15. The summed E-state index contributed by atoms with van der Waals surface area (Å²) in [6.45, 7) is 3.19. The van der Waals surface area contributed by atoms with Crippen molar-refractivity contribution in [2.45, 2.75) is 38.6 Å². The van der Waals surface area contributed by atoms with Crippen molar-refractivity contribution in [1.82, 2.24) is 15.6 Å². The van der Waals surface area contributed by atoms with E-state index in [1.807, 2.05) is 6.92 Å². The fourth-order valence-electron chi connectivity index (χ4n) is 2.00. The lowest BCUT2D eigenvalue weighted by atomic mass is 10.2. The molecule has 6 nitrogen and oxygen atoms in total. The summed E-state index contributed by atoms with van der Waals surface area (Å²) in [4.78, 5) is 27.6. The third-order valence-electron chi connectivity index (χ3n) is 3.24. The molecule has 6 heteroatoms. The molecule has 3 N–H and O–H groups in total. The van der Waals surface area contributed by atoms with Crippen LogP contribution in [0.2, 0.25) is 0 Å². The summed E-state index contributed by atoms with van der Waals surface area (Å²) in [6.07, 6.45) is 6.52. The maximum atomic E-state index is 12.1. The van der Waals surface area contributed by atoms with Crippen molar-refractivity contribution in [2.24, 2.45) is 0 Å². The van der Waals surface area contributed by atoms with Gasteiger partial charge in [-0.3, -0.25) is 14.6 Å². The van der Waals surface area contributed by atoms with E-state index >= 15 is 0 Å². The number of nitrogens with one attached hydrogen (secondary N) is 3. The Morgan fingerprint density at radius 3 is 2.90 bits per heavy atom. The van der Waals surface area contributed by atoms with Crippen LogP contribution in [0.15, 0.2) is 18.5 Å². The molecular weight excluding hydrogens is 268 g/mol. The summed E-state index contributed by atoms with van der Waals surface area (Å²) in [5, 5.41) is 8.87. The van der Waals surface area contributed by atoms with Gasteiger partial charge >= 0.3 is 0 Å². The third-order valence-corrected chi connectivity index (χ3v) is 3.24. The molecule has 0 spiro atoms. The Morgan fingerprint density at radius 2 is 2.19 bits per heavy atom. The summed E-state index contributed by atoms with van der Waals surface area (Å²) < 4.78 is 0. The van der Waals surface area contributed by atoms with E-state index in [1.165, 1.54) is 0 Å². The molecule has 0 unspecified atom stereocenters. The van der Waals surface area contributed by atoms with Gasteiger partial charge in [0.15, 0.2) is 0 Å². The monoisotopic (exact) mass is 290 g/mol. The van der Waals surface area contributed by atoms with E-state index in [4.69, 9.17) is 0 Å². The van der Waals surface area contributed by atoms with Gasteiger partial charge in [-0.1, -0.05) is 0 Å². The largest absolute Gasteiger partial charge is 0.383 e. The zero-order valence-corrected chi connectivity index (χ0v) is 12.3. The molecular formula is C15H22N4O2. The van der Waals surface area contributed by atoms with E-state index in [9.17, 15) is 9.59 Å². The van der Waals surface area contributed by atoms with Gasteiger partial charge < -0.3 is 16.0 Å². The first-order chi connectivity index (χ1) is 10.2. The normalized spacial score (nSPS) is 13.6. The predicted molar refractivity (Wildman–Crippen MR) is 81.1 cm³/mol. The van der Waals surface area contributed by atoms with Crippen LogP contribution in [0.1, 0.15) is 43.0 Å². The SMILES string of the molecule is CCNc1cnccc1C(=O)NCCCC(=O)NC1CC1. The number of hydrogen-bond donors (Lipinski definition) is 3. The topological polar surface area (TPSA) is 83.1 Å². The van der Waals surface area contributed by atoms with Gasteiger partial charge in [0.25, 0.3) is 5.91 Å². The summed E-state index contributed by atoms with van der Waals surface area (Å²) in [5.41, 5.74) is 1.30. The van der Waals surface area contributed by atoms with Crippen LogP contribution in [0.4, 0.5) is 5.69 Å². The van der Waals surface area contributed by atoms with Gasteiger partial charge in [0.1, 0.15) is 0 Å². The highest BCUT2D eigenvalue weighted by Gasteiger charge is 2.22. The molecule has 0 saturated heterocycles. The van der Waals surface area contributed by atoms with Crippen LogP contribution in [0.3, 0.4) is 0 Å². The van der Waals surface area contributed by atoms with E-state index < -0.39 is 0 Å². The molecule has 0 aromatic carbocycles. The smallest absolute Gasteiger partial charge is 0.253 e. The van der Waals surface area contributed by atoms with Crippen molar-refractivity contribution in [1.29, 1.82) is 0 Å². The van der Waals surface area contributed by atoms with Crippen molar-refractivity contribution < 1.29 is 9.59 Å². The van der Waals surface area contributed by atoms with Crippen LogP contribution >= 0.6 is 0 Å². The van der Waals surface area contributed by atoms with Gasteiger partial charge in [-0.05, 0) is 32.3 Å². The third kappa shape index (κ3) is 5.06. The molecule has 1 saturated carbocycles. The average Bonchev–Trinajstić information content (AvgIpc) is 3.28. The van der Waals surface area contributed by atoms with Gasteiger partial charge in [-0.2, -0.15) is 0 Å². The first-order valence-corrected chi connectivity index (χ1v) is 7.46. The van der Waals surface area contributed by atoms with E-state index in [0.717, 1.165) is 25.1 Å². The molecule has 1 aliphatic rings. The lowest BCUT2D eigenvalue weighted by Crippen LogP contribution is -2.28. The van der Waals surface area contributed by atoms with Crippen LogP contribution in [0.25, 0.3) is 0 Å².